The monoisotopic (exact) mass is 370 g/mol. The number of hydrogen-bond acceptors (Lipinski definition) is 4. The van der Waals surface area contributed by atoms with Gasteiger partial charge in [0.05, 0.1) is 11.6 Å². The first kappa shape index (κ1) is 19.0. The van der Waals surface area contributed by atoms with E-state index in [1.165, 1.54) is 4.31 Å². The first-order valence-corrected chi connectivity index (χ1v) is 9.48. The van der Waals surface area contributed by atoms with Crippen molar-refractivity contribution in [3.8, 4) is 0 Å². The summed E-state index contributed by atoms with van der Waals surface area (Å²) in [4.78, 5) is 2.06. The minimum Gasteiger partial charge on any atom is -0.465 e. The fourth-order valence-electron chi connectivity index (χ4n) is 2.29. The highest BCUT2D eigenvalue weighted by molar-refractivity contribution is 7.89. The second-order valence-electron chi connectivity index (χ2n) is 6.09. The third-order valence-electron chi connectivity index (χ3n) is 3.63. The molecule has 0 spiro atoms. The molecule has 132 valence electrons. The quantitative estimate of drug-likeness (QED) is 0.750. The second kappa shape index (κ2) is 7.70. The van der Waals surface area contributed by atoms with Gasteiger partial charge >= 0.3 is 0 Å². The van der Waals surface area contributed by atoms with Crippen LogP contribution in [0.25, 0.3) is 0 Å². The highest BCUT2D eigenvalue weighted by atomic mass is 35.5. The topological polar surface area (TPSA) is 53.8 Å². The van der Waals surface area contributed by atoms with E-state index in [4.69, 9.17) is 16.0 Å². The molecule has 0 aliphatic heterocycles. The normalized spacial score (nSPS) is 12.3. The molecule has 5 nitrogen and oxygen atoms in total. The fraction of sp³-hybridized carbons (Fsp3) is 0.412. The number of benzene rings is 1. The first-order chi connectivity index (χ1) is 11.2. The smallest absolute Gasteiger partial charge is 0.245 e. The highest BCUT2D eigenvalue weighted by Crippen LogP contribution is 2.27. The Kier molecular flexibility index (Phi) is 6.09. The fourth-order valence-corrected chi connectivity index (χ4v) is 4.26. The Morgan fingerprint density at radius 2 is 1.79 bits per heavy atom. The summed E-state index contributed by atoms with van der Waals surface area (Å²) in [6, 6.07) is 8.59. The maximum absolute atomic E-state index is 13.1. The molecule has 1 aromatic carbocycles. The number of rotatable bonds is 7. The van der Waals surface area contributed by atoms with Crippen LogP contribution in [0.3, 0.4) is 0 Å². The lowest BCUT2D eigenvalue weighted by Crippen LogP contribution is -2.36. The number of furan rings is 1. The Morgan fingerprint density at radius 1 is 1.08 bits per heavy atom. The molecule has 1 aromatic heterocycles. The third-order valence-corrected chi connectivity index (χ3v) is 5.96. The summed E-state index contributed by atoms with van der Waals surface area (Å²) in [5.74, 6) is 1.36. The van der Waals surface area contributed by atoms with Gasteiger partial charge < -0.3 is 9.32 Å². The molecule has 0 amide bonds. The maximum atomic E-state index is 13.1. The third kappa shape index (κ3) is 4.60. The van der Waals surface area contributed by atoms with Crippen LogP contribution in [0.4, 0.5) is 0 Å². The van der Waals surface area contributed by atoms with E-state index in [0.717, 1.165) is 11.3 Å². The van der Waals surface area contributed by atoms with Crippen molar-refractivity contribution in [1.82, 2.24) is 9.21 Å². The van der Waals surface area contributed by atoms with Crippen LogP contribution in [0.5, 0.6) is 0 Å². The zero-order valence-electron chi connectivity index (χ0n) is 14.4. The highest BCUT2D eigenvalue weighted by Gasteiger charge is 2.27. The Bertz CT molecular complexity index is 800. The Hall–Kier alpha value is -1.34. The van der Waals surface area contributed by atoms with Crippen LogP contribution in [0.15, 0.2) is 39.6 Å². The minimum absolute atomic E-state index is 0.122. The molecule has 0 radical (unpaired) electrons. The molecule has 0 N–H and O–H groups in total. The van der Waals surface area contributed by atoms with E-state index in [1.807, 2.05) is 38.9 Å². The van der Waals surface area contributed by atoms with Crippen molar-refractivity contribution in [3.63, 3.8) is 0 Å². The predicted octanol–water partition coefficient (Wildman–Crippen LogP) is 3.30. The molecule has 24 heavy (non-hydrogen) atoms. The van der Waals surface area contributed by atoms with Gasteiger partial charge in [0.2, 0.25) is 10.0 Å². The van der Waals surface area contributed by atoms with Crippen molar-refractivity contribution in [2.75, 3.05) is 27.2 Å². The average Bonchev–Trinajstić information content (AvgIpc) is 2.88. The number of halogens is 1. The first-order valence-electron chi connectivity index (χ1n) is 7.66. The Morgan fingerprint density at radius 3 is 2.33 bits per heavy atom. The van der Waals surface area contributed by atoms with Crippen molar-refractivity contribution >= 4 is 21.6 Å². The van der Waals surface area contributed by atoms with Crippen LogP contribution in [0.1, 0.15) is 17.1 Å². The van der Waals surface area contributed by atoms with E-state index in [9.17, 15) is 8.42 Å². The van der Waals surface area contributed by atoms with Crippen LogP contribution >= 0.6 is 11.6 Å². The summed E-state index contributed by atoms with van der Waals surface area (Å²) in [5.41, 5.74) is 0.917. The summed E-state index contributed by atoms with van der Waals surface area (Å²) in [7, 11) is 0.0886. The lowest BCUT2D eigenvalue weighted by molar-refractivity contribution is 0.310. The predicted molar refractivity (Wildman–Crippen MR) is 95.8 cm³/mol. The zero-order chi connectivity index (χ0) is 17.9. The van der Waals surface area contributed by atoms with Gasteiger partial charge in [-0.05, 0) is 57.8 Å². The van der Waals surface area contributed by atoms with Crippen molar-refractivity contribution < 1.29 is 12.8 Å². The summed E-state index contributed by atoms with van der Waals surface area (Å²) in [5, 5.41) is 0.237. The van der Waals surface area contributed by atoms with Crippen LogP contribution in [-0.4, -0.2) is 44.8 Å². The second-order valence-corrected chi connectivity index (χ2v) is 8.40. The molecule has 0 bridgehead atoms. The van der Waals surface area contributed by atoms with E-state index in [2.05, 4.69) is 0 Å². The molecule has 0 saturated carbocycles. The van der Waals surface area contributed by atoms with Gasteiger partial charge in [-0.3, -0.25) is 0 Å². The Balaban J connectivity index is 2.36. The molecule has 2 rings (SSSR count). The van der Waals surface area contributed by atoms with E-state index in [0.29, 0.717) is 18.8 Å². The van der Waals surface area contributed by atoms with Crippen LogP contribution in [0, 0.1) is 13.8 Å². The van der Waals surface area contributed by atoms with E-state index in [-0.39, 0.29) is 16.5 Å². The minimum atomic E-state index is -3.72. The molecule has 7 heteroatoms. The van der Waals surface area contributed by atoms with Crippen LogP contribution < -0.4 is 0 Å². The number of sulfonamides is 1. The van der Waals surface area contributed by atoms with Gasteiger partial charge in [-0.1, -0.05) is 17.7 Å². The van der Waals surface area contributed by atoms with Gasteiger partial charge in [-0.15, -0.1) is 0 Å². The largest absolute Gasteiger partial charge is 0.465 e. The molecular weight excluding hydrogens is 348 g/mol. The molecule has 0 saturated heterocycles. The van der Waals surface area contributed by atoms with E-state index < -0.39 is 10.0 Å². The average molecular weight is 371 g/mol. The molecule has 0 aliphatic carbocycles. The number of nitrogens with zero attached hydrogens (tertiary/aromatic N) is 2. The maximum Gasteiger partial charge on any atom is 0.245 e. The van der Waals surface area contributed by atoms with Crippen molar-refractivity contribution in [1.29, 1.82) is 0 Å². The summed E-state index contributed by atoms with van der Waals surface area (Å²) in [6.45, 7) is 4.83. The summed E-state index contributed by atoms with van der Waals surface area (Å²) >= 11 is 6.19. The van der Waals surface area contributed by atoms with E-state index >= 15 is 0 Å². The van der Waals surface area contributed by atoms with Crippen LogP contribution in [0.2, 0.25) is 5.02 Å². The molecule has 0 aliphatic rings. The molecule has 0 atom stereocenters. The molecule has 0 fully saturated rings. The van der Waals surface area contributed by atoms with E-state index in [1.54, 1.807) is 24.3 Å². The zero-order valence-corrected chi connectivity index (χ0v) is 16.0. The van der Waals surface area contributed by atoms with Gasteiger partial charge in [0.15, 0.2) is 0 Å². The number of likely N-dealkylation sites (N-methyl/N-ethyl adjacent to an activating group) is 1. The molecule has 0 unspecified atom stereocenters. The van der Waals surface area contributed by atoms with Gasteiger partial charge in [-0.2, -0.15) is 4.31 Å². The van der Waals surface area contributed by atoms with Gasteiger partial charge in [0.25, 0.3) is 0 Å². The SMILES string of the molecule is Cc1ccc(S(=O)(=O)N(CCN(C)C)Cc2ccc(C)o2)c(Cl)c1. The number of aryl methyl sites for hydroxylation is 2. The lowest BCUT2D eigenvalue weighted by Gasteiger charge is -2.23. The van der Waals surface area contributed by atoms with Gasteiger partial charge in [0.1, 0.15) is 16.4 Å². The van der Waals surface area contributed by atoms with Crippen molar-refractivity contribution in [2.45, 2.75) is 25.3 Å². The molecular formula is C17H23ClN2O3S. The molecule has 2 aromatic rings. The van der Waals surface area contributed by atoms with Crippen LogP contribution in [-0.2, 0) is 16.6 Å². The van der Waals surface area contributed by atoms with Gasteiger partial charge in [-0.25, -0.2) is 8.42 Å². The number of hydrogen-bond donors (Lipinski definition) is 0. The standard InChI is InChI=1S/C17H23ClN2O3S/c1-13-5-8-17(16(18)11-13)24(21,22)20(10-9-19(3)4)12-15-7-6-14(2)23-15/h5-8,11H,9-10,12H2,1-4H3. The van der Waals surface area contributed by atoms with Crippen molar-refractivity contribution in [3.05, 3.63) is 52.4 Å². The van der Waals surface area contributed by atoms with Gasteiger partial charge in [0, 0.05) is 13.1 Å². The Labute approximate surface area is 148 Å². The van der Waals surface area contributed by atoms with Crippen molar-refractivity contribution in [2.24, 2.45) is 0 Å². The summed E-state index contributed by atoms with van der Waals surface area (Å²) in [6.07, 6.45) is 0. The summed E-state index contributed by atoms with van der Waals surface area (Å²) < 4.78 is 33.1. The lowest BCUT2D eigenvalue weighted by atomic mass is 10.2. The molecule has 1 heterocycles.